The summed E-state index contributed by atoms with van der Waals surface area (Å²) in [4.78, 5) is 4.69. The summed E-state index contributed by atoms with van der Waals surface area (Å²) in [5.41, 5.74) is 0.868. The van der Waals surface area contributed by atoms with E-state index in [0.29, 0.717) is 12.4 Å². The zero-order valence-corrected chi connectivity index (χ0v) is 12.9. The van der Waals surface area contributed by atoms with Crippen LogP contribution in [0.15, 0.2) is 34.5 Å². The number of aromatic nitrogens is 1. The molecule has 0 fully saturated rings. The van der Waals surface area contributed by atoms with Crippen molar-refractivity contribution >= 4 is 21.2 Å². The maximum Gasteiger partial charge on any atom is 0.175 e. The summed E-state index contributed by atoms with van der Waals surface area (Å²) in [6, 6.07) is 6.38. The van der Waals surface area contributed by atoms with E-state index in [0.717, 1.165) is 17.2 Å². The van der Waals surface area contributed by atoms with Crippen LogP contribution in [0, 0.1) is 0 Å². The Morgan fingerprint density at radius 1 is 1.30 bits per heavy atom. The van der Waals surface area contributed by atoms with Crippen LogP contribution in [-0.4, -0.2) is 26.7 Å². The second kappa shape index (κ2) is 6.34. The number of hydrogen-bond donors (Lipinski definition) is 1. The number of rotatable bonds is 6. The molecule has 0 saturated carbocycles. The fourth-order valence-electron chi connectivity index (χ4n) is 1.59. The molecular weight excluding hydrogens is 296 g/mol. The summed E-state index contributed by atoms with van der Waals surface area (Å²) in [5.74, 6) is 0.626. The Kier molecular flexibility index (Phi) is 4.74. The standard InChI is InChI=1S/C13H16N2O3S2/c1-14-7-13-15-10(9-19-13)8-18-11-3-5-12(6-4-11)20(2,16)17/h3-6,9,14H,7-8H2,1-2H3. The number of nitrogens with one attached hydrogen (secondary N) is 1. The summed E-state index contributed by atoms with van der Waals surface area (Å²) in [5, 5.41) is 6.01. The van der Waals surface area contributed by atoms with Crippen LogP contribution in [0.1, 0.15) is 10.7 Å². The third-order valence-electron chi connectivity index (χ3n) is 2.57. The van der Waals surface area contributed by atoms with Crippen molar-refractivity contribution in [3.63, 3.8) is 0 Å². The molecule has 1 N–H and O–H groups in total. The predicted molar refractivity (Wildman–Crippen MR) is 78.8 cm³/mol. The molecule has 0 aliphatic heterocycles. The molecule has 5 nitrogen and oxygen atoms in total. The van der Waals surface area contributed by atoms with Crippen molar-refractivity contribution in [3.05, 3.63) is 40.3 Å². The zero-order valence-electron chi connectivity index (χ0n) is 11.3. The normalized spacial score (nSPS) is 11.5. The smallest absolute Gasteiger partial charge is 0.175 e. The van der Waals surface area contributed by atoms with E-state index in [4.69, 9.17) is 4.74 Å². The highest BCUT2D eigenvalue weighted by molar-refractivity contribution is 7.90. The average Bonchev–Trinajstić information content (AvgIpc) is 2.84. The van der Waals surface area contributed by atoms with Gasteiger partial charge in [0.15, 0.2) is 9.84 Å². The summed E-state index contributed by atoms with van der Waals surface area (Å²) >= 11 is 1.58. The third kappa shape index (κ3) is 4.03. The van der Waals surface area contributed by atoms with Crippen LogP contribution in [0.4, 0.5) is 0 Å². The molecule has 0 unspecified atom stereocenters. The highest BCUT2D eigenvalue weighted by Crippen LogP contribution is 2.18. The predicted octanol–water partition coefficient (Wildman–Crippen LogP) is 1.85. The minimum absolute atomic E-state index is 0.287. The van der Waals surface area contributed by atoms with E-state index in [1.165, 1.54) is 18.4 Å². The van der Waals surface area contributed by atoms with E-state index in [2.05, 4.69) is 10.3 Å². The van der Waals surface area contributed by atoms with Gasteiger partial charge in [-0.15, -0.1) is 11.3 Å². The van der Waals surface area contributed by atoms with E-state index in [1.807, 2.05) is 12.4 Å². The maximum absolute atomic E-state index is 11.3. The van der Waals surface area contributed by atoms with Crippen molar-refractivity contribution in [2.24, 2.45) is 0 Å². The molecule has 0 aliphatic carbocycles. The molecule has 2 aromatic rings. The first-order chi connectivity index (χ1) is 9.49. The van der Waals surface area contributed by atoms with Gasteiger partial charge in [-0.05, 0) is 31.3 Å². The van der Waals surface area contributed by atoms with E-state index in [9.17, 15) is 8.42 Å². The maximum atomic E-state index is 11.3. The van der Waals surface area contributed by atoms with Gasteiger partial charge >= 0.3 is 0 Å². The number of thiazole rings is 1. The van der Waals surface area contributed by atoms with Crippen LogP contribution >= 0.6 is 11.3 Å². The largest absolute Gasteiger partial charge is 0.487 e. The van der Waals surface area contributed by atoms with Crippen molar-refractivity contribution in [1.29, 1.82) is 0 Å². The fourth-order valence-corrected chi connectivity index (χ4v) is 3.01. The summed E-state index contributed by atoms with van der Waals surface area (Å²) < 4.78 is 28.2. The molecule has 1 aromatic heterocycles. The van der Waals surface area contributed by atoms with Gasteiger partial charge in [0.1, 0.15) is 17.4 Å². The van der Waals surface area contributed by atoms with Crippen LogP contribution < -0.4 is 10.1 Å². The lowest BCUT2D eigenvalue weighted by atomic mass is 10.3. The highest BCUT2D eigenvalue weighted by atomic mass is 32.2. The Balaban J connectivity index is 1.96. The highest BCUT2D eigenvalue weighted by Gasteiger charge is 2.07. The number of nitrogens with zero attached hydrogens (tertiary/aromatic N) is 1. The number of hydrogen-bond acceptors (Lipinski definition) is 6. The fraction of sp³-hybridized carbons (Fsp3) is 0.308. The molecule has 0 bridgehead atoms. The molecule has 0 radical (unpaired) electrons. The first kappa shape index (κ1) is 15.0. The first-order valence-corrected chi connectivity index (χ1v) is 8.77. The van der Waals surface area contributed by atoms with Gasteiger partial charge in [0, 0.05) is 18.2 Å². The van der Waals surface area contributed by atoms with Crippen LogP contribution in [0.3, 0.4) is 0 Å². The Labute approximate surface area is 122 Å². The summed E-state index contributed by atoms with van der Waals surface area (Å²) in [6.45, 7) is 1.12. The Morgan fingerprint density at radius 3 is 2.60 bits per heavy atom. The van der Waals surface area contributed by atoms with Crippen molar-refractivity contribution in [2.75, 3.05) is 13.3 Å². The monoisotopic (exact) mass is 312 g/mol. The lowest BCUT2D eigenvalue weighted by Gasteiger charge is -2.05. The average molecular weight is 312 g/mol. The van der Waals surface area contributed by atoms with Gasteiger partial charge in [0.25, 0.3) is 0 Å². The first-order valence-electron chi connectivity index (χ1n) is 6.00. The van der Waals surface area contributed by atoms with Gasteiger partial charge in [-0.3, -0.25) is 0 Å². The van der Waals surface area contributed by atoms with Crippen LogP contribution in [-0.2, 0) is 23.0 Å². The topological polar surface area (TPSA) is 68.3 Å². The Morgan fingerprint density at radius 2 is 2.00 bits per heavy atom. The molecule has 20 heavy (non-hydrogen) atoms. The van der Waals surface area contributed by atoms with E-state index in [-0.39, 0.29) is 4.90 Å². The number of benzene rings is 1. The van der Waals surface area contributed by atoms with E-state index in [1.54, 1.807) is 23.5 Å². The van der Waals surface area contributed by atoms with Crippen molar-refractivity contribution < 1.29 is 13.2 Å². The third-order valence-corrected chi connectivity index (χ3v) is 4.59. The van der Waals surface area contributed by atoms with E-state index < -0.39 is 9.84 Å². The SMILES string of the molecule is CNCc1nc(COc2ccc(S(C)(=O)=O)cc2)cs1. The molecular formula is C13H16N2O3S2. The summed E-state index contributed by atoms with van der Waals surface area (Å²) in [6.07, 6.45) is 1.18. The molecule has 0 aliphatic rings. The summed E-state index contributed by atoms with van der Waals surface area (Å²) in [7, 11) is -1.29. The zero-order chi connectivity index (χ0) is 14.6. The Bertz CT molecular complexity index is 663. The molecule has 0 amide bonds. The van der Waals surface area contributed by atoms with Gasteiger partial charge in [0.05, 0.1) is 10.6 Å². The van der Waals surface area contributed by atoms with Crippen LogP contribution in [0.5, 0.6) is 5.75 Å². The lowest BCUT2D eigenvalue weighted by Crippen LogP contribution is -2.05. The Hall–Kier alpha value is -1.44. The van der Waals surface area contributed by atoms with E-state index >= 15 is 0 Å². The van der Waals surface area contributed by atoms with Gasteiger partial charge < -0.3 is 10.1 Å². The molecule has 0 atom stereocenters. The molecule has 7 heteroatoms. The van der Waals surface area contributed by atoms with Crippen molar-refractivity contribution in [3.8, 4) is 5.75 Å². The van der Waals surface area contributed by atoms with Gasteiger partial charge in [-0.25, -0.2) is 13.4 Å². The second-order valence-corrected chi connectivity index (χ2v) is 7.25. The molecule has 2 rings (SSSR count). The van der Waals surface area contributed by atoms with Gasteiger partial charge in [-0.2, -0.15) is 0 Å². The van der Waals surface area contributed by atoms with Crippen LogP contribution in [0.2, 0.25) is 0 Å². The molecule has 108 valence electrons. The molecule has 0 spiro atoms. The molecule has 1 aromatic carbocycles. The van der Waals surface area contributed by atoms with Crippen LogP contribution in [0.25, 0.3) is 0 Å². The van der Waals surface area contributed by atoms with Crippen molar-refractivity contribution in [2.45, 2.75) is 18.0 Å². The van der Waals surface area contributed by atoms with Gasteiger partial charge in [0.2, 0.25) is 0 Å². The number of sulfone groups is 1. The quantitative estimate of drug-likeness (QED) is 0.881. The number of ether oxygens (including phenoxy) is 1. The van der Waals surface area contributed by atoms with Gasteiger partial charge in [-0.1, -0.05) is 0 Å². The molecule has 1 heterocycles. The second-order valence-electron chi connectivity index (χ2n) is 4.30. The minimum Gasteiger partial charge on any atom is -0.487 e. The molecule has 0 saturated heterocycles. The van der Waals surface area contributed by atoms with Crippen molar-refractivity contribution in [1.82, 2.24) is 10.3 Å². The minimum atomic E-state index is -3.16. The lowest BCUT2D eigenvalue weighted by molar-refractivity contribution is 0.301.